The standard InChI is InChI=1S/C26H19Cl2N3O5/c1-14-13-17(27)7-12-20(14)30-23(32)15-3-8-18(9-4-15)29-22-21(28)24(33)31(25(22)34)19-10-5-16(6-11-19)26(35)36-2/h3-13,29H,1-2H3,(H,30,32). The van der Waals surface area contributed by atoms with Gasteiger partial charge >= 0.3 is 5.97 Å². The van der Waals surface area contributed by atoms with Crippen LogP contribution in [-0.4, -0.2) is 30.8 Å². The van der Waals surface area contributed by atoms with Crippen LogP contribution in [0.2, 0.25) is 5.02 Å². The number of imide groups is 1. The Balaban J connectivity index is 1.47. The van der Waals surface area contributed by atoms with Crippen LogP contribution in [0.15, 0.2) is 77.5 Å². The third-order valence-electron chi connectivity index (χ3n) is 5.43. The molecule has 0 saturated heterocycles. The predicted molar refractivity (Wildman–Crippen MR) is 137 cm³/mol. The molecule has 10 heteroatoms. The number of rotatable bonds is 6. The molecule has 0 unspecified atom stereocenters. The van der Waals surface area contributed by atoms with E-state index in [1.807, 2.05) is 6.92 Å². The Kier molecular flexibility index (Phi) is 7.10. The molecule has 2 N–H and O–H groups in total. The molecule has 0 radical (unpaired) electrons. The minimum atomic E-state index is -0.704. The number of nitrogens with zero attached hydrogens (tertiary/aromatic N) is 1. The van der Waals surface area contributed by atoms with Gasteiger partial charge in [-0.2, -0.15) is 0 Å². The van der Waals surface area contributed by atoms with Crippen molar-refractivity contribution in [3.05, 3.63) is 99.2 Å². The van der Waals surface area contributed by atoms with Crippen LogP contribution < -0.4 is 15.5 Å². The van der Waals surface area contributed by atoms with Crippen LogP contribution in [0, 0.1) is 6.92 Å². The maximum Gasteiger partial charge on any atom is 0.337 e. The number of hydrogen-bond acceptors (Lipinski definition) is 6. The second-order valence-corrected chi connectivity index (χ2v) is 8.60. The van der Waals surface area contributed by atoms with Crippen LogP contribution in [0.4, 0.5) is 17.1 Å². The average Bonchev–Trinajstić information content (AvgIpc) is 3.08. The number of anilines is 3. The first-order valence-corrected chi connectivity index (χ1v) is 11.4. The molecule has 3 amide bonds. The first-order valence-electron chi connectivity index (χ1n) is 10.6. The maximum atomic E-state index is 13.0. The summed E-state index contributed by atoms with van der Waals surface area (Å²) in [7, 11) is 1.25. The Bertz CT molecular complexity index is 1420. The van der Waals surface area contributed by atoms with E-state index in [-0.39, 0.29) is 27.9 Å². The molecule has 1 heterocycles. The number of carbonyl (C=O) groups is 4. The van der Waals surface area contributed by atoms with E-state index >= 15 is 0 Å². The van der Waals surface area contributed by atoms with Gasteiger partial charge in [-0.05, 0) is 79.2 Å². The molecule has 0 bridgehead atoms. The summed E-state index contributed by atoms with van der Waals surface area (Å²) in [6.07, 6.45) is 0. The number of halogens is 2. The van der Waals surface area contributed by atoms with E-state index in [0.29, 0.717) is 22.0 Å². The van der Waals surface area contributed by atoms with Gasteiger partial charge in [0.25, 0.3) is 17.7 Å². The number of hydrogen-bond donors (Lipinski definition) is 2. The first-order chi connectivity index (χ1) is 17.2. The molecule has 1 aliphatic heterocycles. The van der Waals surface area contributed by atoms with Crippen molar-refractivity contribution in [2.45, 2.75) is 6.92 Å². The average molecular weight is 524 g/mol. The van der Waals surface area contributed by atoms with Gasteiger partial charge in [-0.3, -0.25) is 14.4 Å². The van der Waals surface area contributed by atoms with Gasteiger partial charge in [0, 0.05) is 22.0 Å². The first kappa shape index (κ1) is 25.0. The van der Waals surface area contributed by atoms with Crippen molar-refractivity contribution in [1.29, 1.82) is 0 Å². The molecule has 0 spiro atoms. The fourth-order valence-electron chi connectivity index (χ4n) is 3.52. The monoisotopic (exact) mass is 523 g/mol. The maximum absolute atomic E-state index is 13.0. The topological polar surface area (TPSA) is 105 Å². The van der Waals surface area contributed by atoms with Crippen molar-refractivity contribution < 1.29 is 23.9 Å². The van der Waals surface area contributed by atoms with E-state index in [0.717, 1.165) is 10.5 Å². The Morgan fingerprint density at radius 1 is 0.861 bits per heavy atom. The highest BCUT2D eigenvalue weighted by molar-refractivity contribution is 6.53. The van der Waals surface area contributed by atoms with Gasteiger partial charge in [-0.25, -0.2) is 9.69 Å². The number of amides is 3. The molecule has 8 nitrogen and oxygen atoms in total. The lowest BCUT2D eigenvalue weighted by Crippen LogP contribution is -2.32. The lowest BCUT2D eigenvalue weighted by Gasteiger charge is -2.15. The van der Waals surface area contributed by atoms with E-state index in [4.69, 9.17) is 23.2 Å². The fraction of sp³-hybridized carbons (Fsp3) is 0.0769. The van der Waals surface area contributed by atoms with Gasteiger partial charge in [0.05, 0.1) is 18.4 Å². The predicted octanol–water partition coefficient (Wildman–Crippen LogP) is 5.12. The number of aryl methyl sites for hydroxylation is 1. The summed E-state index contributed by atoms with van der Waals surface area (Å²) in [5, 5.41) is 5.97. The summed E-state index contributed by atoms with van der Waals surface area (Å²) in [5.74, 6) is -2.22. The summed E-state index contributed by atoms with van der Waals surface area (Å²) >= 11 is 12.1. The van der Waals surface area contributed by atoms with Crippen molar-refractivity contribution in [3.8, 4) is 0 Å². The Hall–Kier alpha value is -4.14. The highest BCUT2D eigenvalue weighted by atomic mass is 35.5. The third-order valence-corrected chi connectivity index (χ3v) is 6.01. The van der Waals surface area contributed by atoms with Crippen LogP contribution in [-0.2, 0) is 14.3 Å². The van der Waals surface area contributed by atoms with Gasteiger partial charge < -0.3 is 15.4 Å². The van der Waals surface area contributed by atoms with Crippen molar-refractivity contribution in [1.82, 2.24) is 0 Å². The molecule has 0 fully saturated rings. The minimum absolute atomic E-state index is 0.104. The molecular weight excluding hydrogens is 505 g/mol. The molecular formula is C26H19Cl2N3O5. The smallest absolute Gasteiger partial charge is 0.337 e. The zero-order chi connectivity index (χ0) is 26.0. The number of esters is 1. The van der Waals surface area contributed by atoms with Crippen LogP contribution in [0.1, 0.15) is 26.3 Å². The van der Waals surface area contributed by atoms with Crippen LogP contribution in [0.25, 0.3) is 0 Å². The Labute approximate surface area is 216 Å². The molecule has 3 aromatic rings. The van der Waals surface area contributed by atoms with Gasteiger partial charge in [0.2, 0.25) is 0 Å². The lowest BCUT2D eigenvalue weighted by atomic mass is 10.1. The zero-order valence-corrected chi connectivity index (χ0v) is 20.6. The third kappa shape index (κ3) is 4.95. The number of nitrogens with one attached hydrogen (secondary N) is 2. The molecule has 36 heavy (non-hydrogen) atoms. The molecule has 0 atom stereocenters. The molecule has 4 rings (SSSR count). The van der Waals surface area contributed by atoms with Crippen molar-refractivity contribution in [2.75, 3.05) is 22.6 Å². The summed E-state index contributed by atoms with van der Waals surface area (Å²) in [4.78, 5) is 50.8. The molecule has 0 saturated carbocycles. The van der Waals surface area contributed by atoms with Gasteiger partial charge in [0.1, 0.15) is 10.7 Å². The molecule has 3 aromatic carbocycles. The number of carbonyl (C=O) groups excluding carboxylic acids is 4. The van der Waals surface area contributed by atoms with Crippen molar-refractivity contribution >= 4 is 64.0 Å². The minimum Gasteiger partial charge on any atom is -0.465 e. The summed E-state index contributed by atoms with van der Waals surface area (Å²) in [5.41, 5.74) is 2.71. The molecule has 182 valence electrons. The van der Waals surface area contributed by atoms with Gasteiger partial charge in [0.15, 0.2) is 0 Å². The van der Waals surface area contributed by atoms with E-state index in [9.17, 15) is 19.2 Å². The van der Waals surface area contributed by atoms with Crippen LogP contribution >= 0.6 is 23.2 Å². The second-order valence-electron chi connectivity index (χ2n) is 7.79. The largest absolute Gasteiger partial charge is 0.465 e. The SMILES string of the molecule is COC(=O)c1ccc(N2C(=O)C(Cl)=C(Nc3ccc(C(=O)Nc4ccc(Cl)cc4C)cc3)C2=O)cc1. The zero-order valence-electron chi connectivity index (χ0n) is 19.1. The lowest BCUT2D eigenvalue weighted by molar-refractivity contribution is -0.120. The Morgan fingerprint density at radius 2 is 1.50 bits per heavy atom. The Morgan fingerprint density at radius 3 is 2.11 bits per heavy atom. The summed E-state index contributed by atoms with van der Waals surface area (Å²) in [6, 6.07) is 17.3. The number of benzene rings is 3. The highest BCUT2D eigenvalue weighted by Crippen LogP contribution is 2.30. The molecule has 1 aliphatic rings. The van der Waals surface area contributed by atoms with Crippen molar-refractivity contribution in [3.63, 3.8) is 0 Å². The van der Waals surface area contributed by atoms with E-state index < -0.39 is 17.8 Å². The fourth-order valence-corrected chi connectivity index (χ4v) is 3.96. The molecule has 0 aromatic heterocycles. The van der Waals surface area contributed by atoms with Gasteiger partial charge in [-0.15, -0.1) is 0 Å². The van der Waals surface area contributed by atoms with E-state index in [1.165, 1.54) is 31.4 Å². The molecule has 0 aliphatic carbocycles. The van der Waals surface area contributed by atoms with Crippen LogP contribution in [0.3, 0.4) is 0 Å². The number of methoxy groups -OCH3 is 1. The van der Waals surface area contributed by atoms with E-state index in [1.54, 1.807) is 42.5 Å². The summed E-state index contributed by atoms with van der Waals surface area (Å²) < 4.78 is 4.65. The quantitative estimate of drug-likeness (QED) is 0.343. The van der Waals surface area contributed by atoms with Crippen LogP contribution in [0.5, 0.6) is 0 Å². The second kappa shape index (κ2) is 10.2. The number of ether oxygens (including phenoxy) is 1. The van der Waals surface area contributed by atoms with E-state index in [2.05, 4.69) is 15.4 Å². The van der Waals surface area contributed by atoms with Gasteiger partial charge in [-0.1, -0.05) is 23.2 Å². The summed E-state index contributed by atoms with van der Waals surface area (Å²) in [6.45, 7) is 1.84. The van der Waals surface area contributed by atoms with Crippen molar-refractivity contribution in [2.24, 2.45) is 0 Å². The highest BCUT2D eigenvalue weighted by Gasteiger charge is 2.39. The normalized spacial score (nSPS) is 13.2.